The van der Waals surface area contributed by atoms with Crippen LogP contribution in [0.3, 0.4) is 0 Å². The predicted octanol–water partition coefficient (Wildman–Crippen LogP) is 9.94. The molecule has 44 heavy (non-hydrogen) atoms. The Morgan fingerprint density at radius 1 is 0.455 bits per heavy atom. The molecule has 0 bridgehead atoms. The van der Waals surface area contributed by atoms with E-state index in [9.17, 15) is 0 Å². The molecule has 7 rings (SSSR count). The molecule has 0 atom stereocenters. The van der Waals surface area contributed by atoms with Crippen molar-refractivity contribution in [2.24, 2.45) is 0 Å². The fourth-order valence-corrected chi connectivity index (χ4v) is 5.92. The monoisotopic (exact) mass is 573 g/mol. The maximum Gasteiger partial charge on any atom is 0.495 e. The standard InChI is InChI=1S/C40H36BNO2/c1-39(2)40(3,4)44-41(43-39)38-17-11-14-33-28-36(26-27-37(33)38)42(34-15-9-6-10-16-34)35-24-22-32(23-25-35)31-20-18-30(19-21-31)29-12-7-5-8-13-29/h5-28H,1-4H3. The van der Waals surface area contributed by atoms with Crippen LogP contribution in [0.15, 0.2) is 146 Å². The van der Waals surface area contributed by atoms with Crippen LogP contribution in [0.4, 0.5) is 17.1 Å². The normalized spacial score (nSPS) is 15.4. The third-order valence-electron chi connectivity index (χ3n) is 9.13. The fourth-order valence-electron chi connectivity index (χ4n) is 5.92. The minimum Gasteiger partial charge on any atom is -0.399 e. The summed E-state index contributed by atoms with van der Waals surface area (Å²) in [6.07, 6.45) is 0. The molecule has 3 nitrogen and oxygen atoms in total. The molecule has 0 aromatic heterocycles. The highest BCUT2D eigenvalue weighted by Gasteiger charge is 2.52. The minimum atomic E-state index is -0.408. The maximum absolute atomic E-state index is 6.42. The molecular weight excluding hydrogens is 537 g/mol. The van der Waals surface area contributed by atoms with Crippen molar-refractivity contribution in [3.05, 3.63) is 146 Å². The highest BCUT2D eigenvalue weighted by Crippen LogP contribution is 2.39. The van der Waals surface area contributed by atoms with Crippen molar-refractivity contribution < 1.29 is 9.31 Å². The molecule has 1 saturated heterocycles. The molecule has 0 N–H and O–H groups in total. The molecule has 0 spiro atoms. The average Bonchev–Trinajstić information content (AvgIpc) is 3.28. The van der Waals surface area contributed by atoms with Gasteiger partial charge < -0.3 is 14.2 Å². The first-order chi connectivity index (χ1) is 21.3. The molecule has 6 aromatic rings. The lowest BCUT2D eigenvalue weighted by Gasteiger charge is -2.32. The van der Waals surface area contributed by atoms with E-state index in [4.69, 9.17) is 9.31 Å². The Morgan fingerprint density at radius 3 is 1.52 bits per heavy atom. The highest BCUT2D eigenvalue weighted by atomic mass is 16.7. The van der Waals surface area contributed by atoms with Crippen LogP contribution in [0, 0.1) is 0 Å². The maximum atomic E-state index is 6.42. The zero-order chi connectivity index (χ0) is 30.3. The summed E-state index contributed by atoms with van der Waals surface area (Å²) in [6.45, 7) is 8.38. The van der Waals surface area contributed by atoms with Gasteiger partial charge >= 0.3 is 7.12 Å². The minimum absolute atomic E-state index is 0.389. The van der Waals surface area contributed by atoms with E-state index in [0.717, 1.165) is 33.3 Å². The topological polar surface area (TPSA) is 21.7 Å². The van der Waals surface area contributed by atoms with Gasteiger partial charge in [-0.3, -0.25) is 0 Å². The van der Waals surface area contributed by atoms with Crippen molar-refractivity contribution in [1.82, 2.24) is 0 Å². The number of anilines is 3. The van der Waals surface area contributed by atoms with Crippen molar-refractivity contribution in [2.45, 2.75) is 38.9 Å². The fraction of sp³-hybridized carbons (Fsp3) is 0.150. The molecule has 1 aliphatic heterocycles. The quantitative estimate of drug-likeness (QED) is 0.185. The van der Waals surface area contributed by atoms with Gasteiger partial charge in [0.25, 0.3) is 0 Å². The zero-order valence-corrected chi connectivity index (χ0v) is 25.7. The summed E-state index contributed by atoms with van der Waals surface area (Å²) < 4.78 is 12.8. The van der Waals surface area contributed by atoms with Crippen molar-refractivity contribution in [1.29, 1.82) is 0 Å². The largest absolute Gasteiger partial charge is 0.495 e. The van der Waals surface area contributed by atoms with Gasteiger partial charge in [-0.1, -0.05) is 109 Å². The highest BCUT2D eigenvalue weighted by molar-refractivity contribution is 6.65. The number of hydrogen-bond acceptors (Lipinski definition) is 3. The van der Waals surface area contributed by atoms with E-state index < -0.39 is 7.12 Å². The van der Waals surface area contributed by atoms with Crippen LogP contribution >= 0.6 is 0 Å². The Hall–Kier alpha value is -4.64. The van der Waals surface area contributed by atoms with Gasteiger partial charge in [0.2, 0.25) is 0 Å². The first-order valence-corrected chi connectivity index (χ1v) is 15.3. The Balaban J connectivity index is 1.22. The zero-order valence-electron chi connectivity index (χ0n) is 25.7. The van der Waals surface area contributed by atoms with Crippen molar-refractivity contribution in [3.8, 4) is 22.3 Å². The van der Waals surface area contributed by atoms with Gasteiger partial charge in [0.05, 0.1) is 11.2 Å². The lowest BCUT2D eigenvalue weighted by molar-refractivity contribution is 0.00578. The molecule has 0 saturated carbocycles. The molecule has 0 radical (unpaired) electrons. The summed E-state index contributed by atoms with van der Waals surface area (Å²) in [6, 6.07) is 51.7. The number of para-hydroxylation sites is 1. The van der Waals surface area contributed by atoms with E-state index >= 15 is 0 Å². The second-order valence-electron chi connectivity index (χ2n) is 12.5. The summed E-state index contributed by atoms with van der Waals surface area (Å²) in [5.41, 5.74) is 8.41. The van der Waals surface area contributed by atoms with Crippen LogP contribution in [0.25, 0.3) is 33.0 Å². The second kappa shape index (κ2) is 11.1. The SMILES string of the molecule is CC1(C)OB(c2cccc3cc(N(c4ccccc4)c4ccc(-c5ccc(-c6ccccc6)cc5)cc4)ccc23)OC1(C)C. The number of benzene rings is 6. The van der Waals surface area contributed by atoms with E-state index in [2.05, 4.69) is 178 Å². The number of hydrogen-bond donors (Lipinski definition) is 0. The molecule has 0 unspecified atom stereocenters. The van der Waals surface area contributed by atoms with Crippen LogP contribution < -0.4 is 10.4 Å². The van der Waals surface area contributed by atoms with Gasteiger partial charge in [-0.25, -0.2) is 0 Å². The van der Waals surface area contributed by atoms with Gasteiger partial charge in [-0.05, 0) is 103 Å². The summed E-state index contributed by atoms with van der Waals surface area (Å²) in [5.74, 6) is 0. The van der Waals surface area contributed by atoms with Crippen LogP contribution in [-0.4, -0.2) is 18.3 Å². The summed E-state index contributed by atoms with van der Waals surface area (Å²) in [5, 5.41) is 2.28. The number of rotatable bonds is 6. The van der Waals surface area contributed by atoms with Gasteiger partial charge in [-0.2, -0.15) is 0 Å². The second-order valence-corrected chi connectivity index (χ2v) is 12.5. The molecule has 0 amide bonds. The lowest BCUT2D eigenvalue weighted by Crippen LogP contribution is -2.41. The van der Waals surface area contributed by atoms with E-state index in [1.807, 2.05) is 0 Å². The molecule has 216 valence electrons. The van der Waals surface area contributed by atoms with Crippen LogP contribution in [-0.2, 0) is 9.31 Å². The molecular formula is C40H36BNO2. The van der Waals surface area contributed by atoms with E-state index in [0.29, 0.717) is 0 Å². The molecule has 1 aliphatic rings. The molecule has 6 aromatic carbocycles. The van der Waals surface area contributed by atoms with Gasteiger partial charge in [-0.15, -0.1) is 0 Å². The van der Waals surface area contributed by atoms with Crippen molar-refractivity contribution in [2.75, 3.05) is 4.90 Å². The lowest BCUT2D eigenvalue weighted by atomic mass is 9.76. The van der Waals surface area contributed by atoms with Gasteiger partial charge in [0.15, 0.2) is 0 Å². The van der Waals surface area contributed by atoms with Crippen LogP contribution in [0.1, 0.15) is 27.7 Å². The molecule has 1 heterocycles. The van der Waals surface area contributed by atoms with Crippen molar-refractivity contribution >= 4 is 40.4 Å². The number of fused-ring (bicyclic) bond motifs is 1. The summed E-state index contributed by atoms with van der Waals surface area (Å²) in [7, 11) is -0.408. The summed E-state index contributed by atoms with van der Waals surface area (Å²) in [4.78, 5) is 2.31. The molecule has 0 aliphatic carbocycles. The van der Waals surface area contributed by atoms with Gasteiger partial charge in [0, 0.05) is 17.1 Å². The smallest absolute Gasteiger partial charge is 0.399 e. The van der Waals surface area contributed by atoms with E-state index in [1.54, 1.807) is 0 Å². The predicted molar refractivity (Wildman–Crippen MR) is 185 cm³/mol. The van der Waals surface area contributed by atoms with E-state index in [-0.39, 0.29) is 11.2 Å². The van der Waals surface area contributed by atoms with Crippen molar-refractivity contribution in [3.63, 3.8) is 0 Å². The third kappa shape index (κ3) is 5.21. The van der Waals surface area contributed by atoms with Gasteiger partial charge in [0.1, 0.15) is 0 Å². The van der Waals surface area contributed by atoms with E-state index in [1.165, 1.54) is 22.3 Å². The Labute approximate surface area is 260 Å². The Bertz CT molecular complexity index is 1880. The average molecular weight is 574 g/mol. The first kappa shape index (κ1) is 28.2. The summed E-state index contributed by atoms with van der Waals surface area (Å²) >= 11 is 0. The Kier molecular flexibility index (Phi) is 7.12. The number of nitrogens with zero attached hydrogens (tertiary/aromatic N) is 1. The third-order valence-corrected chi connectivity index (χ3v) is 9.13. The molecule has 4 heteroatoms. The van der Waals surface area contributed by atoms with Crippen LogP contribution in [0.5, 0.6) is 0 Å². The first-order valence-electron chi connectivity index (χ1n) is 15.3. The van der Waals surface area contributed by atoms with Crippen LogP contribution in [0.2, 0.25) is 0 Å². The Morgan fingerprint density at radius 2 is 0.932 bits per heavy atom. The molecule has 1 fully saturated rings.